The number of carbonyl (C=O) groups excluding carboxylic acids is 1. The van der Waals surface area contributed by atoms with Gasteiger partial charge in [0, 0.05) is 6.08 Å². The number of benzene rings is 2. The molecule has 0 saturated heterocycles. The number of amides is 1. The minimum Gasteiger partial charge on any atom is -0.493 e. The molecule has 170 valence electrons. The molecule has 0 aliphatic carbocycles. The number of hydrogen-bond acceptors (Lipinski definition) is 6. The second-order valence-electron chi connectivity index (χ2n) is 7.37. The van der Waals surface area contributed by atoms with Crippen molar-refractivity contribution in [2.75, 3.05) is 20.3 Å². The van der Waals surface area contributed by atoms with Gasteiger partial charge in [0.05, 0.1) is 17.2 Å². The van der Waals surface area contributed by atoms with Crippen molar-refractivity contribution in [2.24, 2.45) is 4.99 Å². The highest BCUT2D eigenvalue weighted by atomic mass is 79.9. The van der Waals surface area contributed by atoms with E-state index in [4.69, 9.17) is 24.5 Å². The Balaban J connectivity index is 1.48. The monoisotopic (exact) mass is 511 g/mol. The smallest absolute Gasteiger partial charge is 0.282 e. The second-order valence-corrected chi connectivity index (χ2v) is 8.22. The van der Waals surface area contributed by atoms with E-state index in [0.717, 1.165) is 11.3 Å². The van der Waals surface area contributed by atoms with Crippen molar-refractivity contribution in [2.45, 2.75) is 13.8 Å². The zero-order valence-electron chi connectivity index (χ0n) is 18.3. The first-order valence-electron chi connectivity index (χ1n) is 10.2. The molecule has 1 amide bonds. The number of nitrogens with zero attached hydrogens (tertiary/aromatic N) is 2. The van der Waals surface area contributed by atoms with Crippen LogP contribution in [-0.4, -0.2) is 43.0 Å². The summed E-state index contributed by atoms with van der Waals surface area (Å²) < 4.78 is 17.7. The predicted molar refractivity (Wildman–Crippen MR) is 128 cm³/mol. The third kappa shape index (κ3) is 4.93. The molecule has 0 atom stereocenters. The van der Waals surface area contributed by atoms with Crippen molar-refractivity contribution in [1.82, 2.24) is 5.06 Å². The molecule has 0 spiro atoms. The molecule has 2 aliphatic heterocycles. The zero-order valence-corrected chi connectivity index (χ0v) is 19.9. The van der Waals surface area contributed by atoms with Crippen LogP contribution in [0.15, 0.2) is 63.3 Å². The van der Waals surface area contributed by atoms with Crippen LogP contribution < -0.4 is 14.2 Å². The minimum absolute atomic E-state index is 0.0817. The number of amidine groups is 2. The van der Waals surface area contributed by atoms with Crippen molar-refractivity contribution in [1.29, 1.82) is 5.41 Å². The Morgan fingerprint density at radius 3 is 2.73 bits per heavy atom. The standard InChI is InChI=1S/C24H22BrN3O5/c1-14-5-4-6-17(9-14)31-7-8-32-22-19(25)12-16(13-20(22)30-3)11-18-23(26)28-21(27-24(18)29)10-15(2)33-28/h4-6,9-13,26H,7-8H2,1-3H3/b18-11-,26-23?. The van der Waals surface area contributed by atoms with Gasteiger partial charge in [-0.2, -0.15) is 4.99 Å². The lowest BCUT2D eigenvalue weighted by Crippen LogP contribution is -2.38. The predicted octanol–water partition coefficient (Wildman–Crippen LogP) is 4.67. The highest BCUT2D eigenvalue weighted by Crippen LogP contribution is 2.37. The largest absolute Gasteiger partial charge is 0.493 e. The van der Waals surface area contributed by atoms with Crippen LogP contribution >= 0.6 is 15.9 Å². The maximum Gasteiger partial charge on any atom is 0.282 e. The molecule has 0 radical (unpaired) electrons. The quantitative estimate of drug-likeness (QED) is 0.428. The topological polar surface area (TPSA) is 93.4 Å². The van der Waals surface area contributed by atoms with Crippen LogP contribution in [0, 0.1) is 12.3 Å². The van der Waals surface area contributed by atoms with E-state index in [1.165, 1.54) is 12.2 Å². The van der Waals surface area contributed by atoms with E-state index < -0.39 is 5.91 Å². The first-order chi connectivity index (χ1) is 15.9. The summed E-state index contributed by atoms with van der Waals surface area (Å²) >= 11 is 3.51. The molecule has 9 heteroatoms. The van der Waals surface area contributed by atoms with Gasteiger partial charge in [0.2, 0.25) is 0 Å². The van der Waals surface area contributed by atoms with E-state index in [2.05, 4.69) is 20.9 Å². The van der Waals surface area contributed by atoms with Gasteiger partial charge in [-0.1, -0.05) is 12.1 Å². The van der Waals surface area contributed by atoms with Crippen molar-refractivity contribution >= 4 is 39.6 Å². The first kappa shape index (κ1) is 22.6. The number of hydrogen-bond donors (Lipinski definition) is 1. The highest BCUT2D eigenvalue weighted by molar-refractivity contribution is 9.10. The lowest BCUT2D eigenvalue weighted by molar-refractivity contribution is -0.114. The van der Waals surface area contributed by atoms with Gasteiger partial charge in [0.1, 0.15) is 24.7 Å². The average Bonchev–Trinajstić information content (AvgIpc) is 3.15. The van der Waals surface area contributed by atoms with Crippen LogP contribution in [0.3, 0.4) is 0 Å². The average molecular weight is 512 g/mol. The molecule has 33 heavy (non-hydrogen) atoms. The molecule has 0 unspecified atom stereocenters. The summed E-state index contributed by atoms with van der Waals surface area (Å²) in [6.07, 6.45) is 3.18. The number of fused-ring (bicyclic) bond motifs is 1. The van der Waals surface area contributed by atoms with Gasteiger partial charge in [-0.15, -0.1) is 5.06 Å². The van der Waals surface area contributed by atoms with E-state index in [9.17, 15) is 4.79 Å². The van der Waals surface area contributed by atoms with E-state index >= 15 is 0 Å². The molecule has 2 aromatic carbocycles. The molecule has 0 fully saturated rings. The van der Waals surface area contributed by atoms with E-state index in [0.29, 0.717) is 46.3 Å². The Hall–Kier alpha value is -3.59. The fraction of sp³-hybridized carbons (Fsp3) is 0.208. The molecule has 1 N–H and O–H groups in total. The molecule has 2 aliphatic rings. The van der Waals surface area contributed by atoms with Gasteiger partial charge in [-0.3, -0.25) is 10.2 Å². The van der Waals surface area contributed by atoms with Crippen LogP contribution in [-0.2, 0) is 9.63 Å². The Labute approximate surface area is 199 Å². The number of aryl methyl sites for hydroxylation is 1. The maximum absolute atomic E-state index is 12.5. The van der Waals surface area contributed by atoms with Crippen LogP contribution in [0.25, 0.3) is 6.08 Å². The van der Waals surface area contributed by atoms with Gasteiger partial charge in [0.25, 0.3) is 5.91 Å². The maximum atomic E-state index is 12.5. The molecule has 0 saturated carbocycles. The number of rotatable bonds is 7. The Kier molecular flexibility index (Phi) is 6.50. The van der Waals surface area contributed by atoms with E-state index in [-0.39, 0.29) is 11.4 Å². The molecule has 2 heterocycles. The van der Waals surface area contributed by atoms with Crippen LogP contribution in [0.1, 0.15) is 18.1 Å². The van der Waals surface area contributed by atoms with Gasteiger partial charge < -0.3 is 19.0 Å². The van der Waals surface area contributed by atoms with Gasteiger partial charge >= 0.3 is 0 Å². The number of nitrogens with one attached hydrogen (secondary N) is 1. The third-order valence-corrected chi connectivity index (χ3v) is 5.42. The van der Waals surface area contributed by atoms with Gasteiger partial charge in [-0.25, -0.2) is 0 Å². The fourth-order valence-corrected chi connectivity index (χ4v) is 3.91. The fourth-order valence-electron chi connectivity index (χ4n) is 3.34. The van der Waals surface area contributed by atoms with Crippen LogP contribution in [0.2, 0.25) is 0 Å². The number of methoxy groups -OCH3 is 1. The molecule has 4 rings (SSSR count). The Morgan fingerprint density at radius 2 is 1.97 bits per heavy atom. The lowest BCUT2D eigenvalue weighted by atomic mass is 10.1. The van der Waals surface area contributed by atoms with E-state index in [1.54, 1.807) is 31.2 Å². The second kappa shape index (κ2) is 9.50. The van der Waals surface area contributed by atoms with Crippen molar-refractivity contribution in [3.8, 4) is 17.2 Å². The third-order valence-electron chi connectivity index (χ3n) is 4.83. The summed E-state index contributed by atoms with van der Waals surface area (Å²) in [5.74, 6) is 2.04. The van der Waals surface area contributed by atoms with Crippen LogP contribution in [0.5, 0.6) is 17.2 Å². The minimum atomic E-state index is -0.510. The highest BCUT2D eigenvalue weighted by Gasteiger charge is 2.34. The number of ether oxygens (including phenoxy) is 3. The molecular formula is C24H22BrN3O5. The zero-order chi connectivity index (χ0) is 23.5. The molecule has 8 nitrogen and oxygen atoms in total. The number of halogens is 1. The van der Waals surface area contributed by atoms with Crippen molar-refractivity contribution in [3.63, 3.8) is 0 Å². The summed E-state index contributed by atoms with van der Waals surface area (Å²) in [6, 6.07) is 11.3. The normalized spacial score (nSPS) is 16.2. The number of aliphatic imine (C=N–C) groups is 1. The summed E-state index contributed by atoms with van der Waals surface area (Å²) in [7, 11) is 1.53. The van der Waals surface area contributed by atoms with Crippen molar-refractivity contribution < 1.29 is 23.8 Å². The molecular weight excluding hydrogens is 490 g/mol. The summed E-state index contributed by atoms with van der Waals surface area (Å²) in [6.45, 7) is 4.41. The summed E-state index contributed by atoms with van der Waals surface area (Å²) in [4.78, 5) is 21.9. The molecule has 0 bridgehead atoms. The van der Waals surface area contributed by atoms with Crippen molar-refractivity contribution in [3.05, 3.63) is 69.4 Å². The summed E-state index contributed by atoms with van der Waals surface area (Å²) in [5, 5.41) is 9.57. The van der Waals surface area contributed by atoms with Gasteiger partial charge in [-0.05, 0) is 71.2 Å². The van der Waals surface area contributed by atoms with Gasteiger partial charge in [0.15, 0.2) is 23.2 Å². The SMILES string of the molecule is COc1cc(/C=C2/C(=N)N3OC(C)=CC3=NC2=O)cc(Br)c1OCCOc1cccc(C)c1. The number of carbonyl (C=O) groups is 1. The lowest BCUT2D eigenvalue weighted by Gasteiger charge is -2.23. The summed E-state index contributed by atoms with van der Waals surface area (Å²) in [5.41, 5.74) is 1.87. The molecule has 0 aromatic heterocycles. The van der Waals surface area contributed by atoms with Crippen LogP contribution in [0.4, 0.5) is 0 Å². The molecule has 2 aromatic rings. The number of hydroxylamine groups is 2. The first-order valence-corrected chi connectivity index (χ1v) is 10.9. The Bertz CT molecular complexity index is 1220. The van der Waals surface area contributed by atoms with E-state index in [1.807, 2.05) is 31.2 Å². The Morgan fingerprint density at radius 1 is 1.18 bits per heavy atom. The number of allylic oxidation sites excluding steroid dienone is 1.